The predicted octanol–water partition coefficient (Wildman–Crippen LogP) is 3.30. The van der Waals surface area contributed by atoms with Gasteiger partial charge in [-0.25, -0.2) is 4.68 Å². The normalized spacial score (nSPS) is 10.6. The number of benzene rings is 3. The molecule has 0 aliphatic rings. The van der Waals surface area contributed by atoms with Gasteiger partial charge < -0.3 is 16.4 Å². The quantitative estimate of drug-likeness (QED) is 0.358. The Hall–Kier alpha value is -4.72. The molecule has 0 saturated carbocycles. The van der Waals surface area contributed by atoms with E-state index in [-0.39, 0.29) is 19.0 Å². The Morgan fingerprint density at radius 1 is 0.889 bits per heavy atom. The number of amides is 3. The third-order valence-corrected chi connectivity index (χ3v) is 5.71. The lowest BCUT2D eigenvalue weighted by Gasteiger charge is -2.09. The first kappa shape index (κ1) is 24.4. The summed E-state index contributed by atoms with van der Waals surface area (Å²) in [6.45, 7) is 4.08. The van der Waals surface area contributed by atoms with E-state index in [0.717, 1.165) is 27.9 Å². The molecule has 1 heterocycles. The van der Waals surface area contributed by atoms with E-state index in [1.165, 1.54) is 0 Å². The van der Waals surface area contributed by atoms with Gasteiger partial charge in [-0.15, -0.1) is 0 Å². The van der Waals surface area contributed by atoms with E-state index in [2.05, 4.69) is 16.7 Å². The number of aromatic nitrogens is 2. The molecule has 0 fully saturated rings. The first-order valence-electron chi connectivity index (χ1n) is 11.5. The molecular formula is C28H27N5O3. The van der Waals surface area contributed by atoms with Gasteiger partial charge in [0.25, 0.3) is 11.8 Å². The zero-order valence-electron chi connectivity index (χ0n) is 20.1. The summed E-state index contributed by atoms with van der Waals surface area (Å²) in [5, 5.41) is 10.2. The van der Waals surface area contributed by atoms with Crippen molar-refractivity contribution < 1.29 is 14.4 Å². The van der Waals surface area contributed by atoms with Gasteiger partial charge in [0.15, 0.2) is 0 Å². The molecule has 0 atom stereocenters. The number of nitrogens with one attached hydrogen (secondary N) is 2. The van der Waals surface area contributed by atoms with Crippen molar-refractivity contribution in [3.05, 3.63) is 107 Å². The van der Waals surface area contributed by atoms with E-state index >= 15 is 0 Å². The minimum absolute atomic E-state index is 0.226. The van der Waals surface area contributed by atoms with Crippen molar-refractivity contribution >= 4 is 17.7 Å². The molecule has 0 radical (unpaired) electrons. The second-order valence-electron chi connectivity index (χ2n) is 8.52. The fourth-order valence-electron chi connectivity index (χ4n) is 3.85. The summed E-state index contributed by atoms with van der Waals surface area (Å²) < 4.78 is 1.71. The van der Waals surface area contributed by atoms with Gasteiger partial charge in [-0.05, 0) is 49.2 Å². The fraction of sp³-hybridized carbons (Fsp3) is 0.143. The van der Waals surface area contributed by atoms with Crippen molar-refractivity contribution in [2.75, 3.05) is 6.54 Å². The number of aryl methyl sites for hydroxylation is 2. The molecule has 8 nitrogen and oxygen atoms in total. The third kappa shape index (κ3) is 5.67. The Labute approximate surface area is 209 Å². The van der Waals surface area contributed by atoms with Crippen LogP contribution in [0, 0.1) is 13.8 Å². The average Bonchev–Trinajstić information content (AvgIpc) is 3.32. The summed E-state index contributed by atoms with van der Waals surface area (Å²) in [6, 6.07) is 22.5. The van der Waals surface area contributed by atoms with Crippen LogP contribution in [0.5, 0.6) is 0 Å². The second-order valence-corrected chi connectivity index (χ2v) is 8.52. The van der Waals surface area contributed by atoms with Crippen molar-refractivity contribution in [3.8, 4) is 16.9 Å². The Morgan fingerprint density at radius 2 is 1.61 bits per heavy atom. The molecule has 0 saturated heterocycles. The molecule has 4 N–H and O–H groups in total. The van der Waals surface area contributed by atoms with Crippen LogP contribution in [-0.2, 0) is 11.3 Å². The summed E-state index contributed by atoms with van der Waals surface area (Å²) in [5.41, 5.74) is 11.3. The number of para-hydroxylation sites is 1. The lowest BCUT2D eigenvalue weighted by molar-refractivity contribution is -0.117. The average molecular weight is 482 g/mol. The monoisotopic (exact) mass is 481 g/mol. The number of nitrogens with two attached hydrogens (primary N) is 1. The third-order valence-electron chi connectivity index (χ3n) is 5.71. The summed E-state index contributed by atoms with van der Waals surface area (Å²) in [6.07, 6.45) is 1.74. The van der Waals surface area contributed by atoms with Crippen molar-refractivity contribution in [1.29, 1.82) is 0 Å². The lowest BCUT2D eigenvalue weighted by atomic mass is 10.0. The number of rotatable bonds is 8. The van der Waals surface area contributed by atoms with E-state index in [1.54, 1.807) is 35.1 Å². The number of hydrogen-bond donors (Lipinski definition) is 3. The van der Waals surface area contributed by atoms with Crippen molar-refractivity contribution in [2.45, 2.75) is 20.4 Å². The molecule has 3 aromatic carbocycles. The topological polar surface area (TPSA) is 119 Å². The predicted molar refractivity (Wildman–Crippen MR) is 138 cm³/mol. The van der Waals surface area contributed by atoms with Gasteiger partial charge in [0.2, 0.25) is 5.91 Å². The highest BCUT2D eigenvalue weighted by molar-refractivity contribution is 6.00. The highest BCUT2D eigenvalue weighted by atomic mass is 16.2. The van der Waals surface area contributed by atoms with Crippen molar-refractivity contribution in [3.63, 3.8) is 0 Å². The molecule has 0 spiro atoms. The van der Waals surface area contributed by atoms with Crippen LogP contribution in [0.15, 0.2) is 79.0 Å². The van der Waals surface area contributed by atoms with Crippen molar-refractivity contribution in [2.24, 2.45) is 5.73 Å². The molecular weight excluding hydrogens is 454 g/mol. The summed E-state index contributed by atoms with van der Waals surface area (Å²) in [4.78, 5) is 36.2. The van der Waals surface area contributed by atoms with E-state index in [9.17, 15) is 14.4 Å². The first-order chi connectivity index (χ1) is 17.3. The van der Waals surface area contributed by atoms with Crippen LogP contribution >= 0.6 is 0 Å². The maximum Gasteiger partial charge on any atom is 0.255 e. The van der Waals surface area contributed by atoms with Crippen LogP contribution in [-0.4, -0.2) is 34.0 Å². The van der Waals surface area contributed by atoms with Crippen LogP contribution in [0.3, 0.4) is 0 Å². The maximum atomic E-state index is 13.3. The van der Waals surface area contributed by atoms with Crippen LogP contribution in [0.1, 0.15) is 37.4 Å². The molecule has 3 amide bonds. The smallest absolute Gasteiger partial charge is 0.255 e. The van der Waals surface area contributed by atoms with Gasteiger partial charge in [-0.2, -0.15) is 5.10 Å². The van der Waals surface area contributed by atoms with E-state index in [1.807, 2.05) is 56.3 Å². The van der Waals surface area contributed by atoms with E-state index in [4.69, 9.17) is 10.8 Å². The minimum atomic E-state index is -0.613. The number of hydrogen-bond acceptors (Lipinski definition) is 4. The zero-order valence-corrected chi connectivity index (χ0v) is 20.1. The highest BCUT2D eigenvalue weighted by Crippen LogP contribution is 2.27. The summed E-state index contributed by atoms with van der Waals surface area (Å²) >= 11 is 0. The molecule has 0 unspecified atom stereocenters. The van der Waals surface area contributed by atoms with Gasteiger partial charge in [0, 0.05) is 23.9 Å². The molecule has 8 heteroatoms. The van der Waals surface area contributed by atoms with Crippen LogP contribution in [0.2, 0.25) is 0 Å². The standard InChI is InChI=1S/C28H27N5O3/c1-18-8-13-23(19(2)14-18)26-24(17-33(32-26)22-6-4-3-5-7-22)28(36)30-15-20-9-11-21(12-10-20)27(35)31-16-25(29)34/h3-14,17H,15-16H2,1-2H3,(H2,29,34)(H,30,36)(H,31,35). The number of primary amides is 1. The summed E-state index contributed by atoms with van der Waals surface area (Å²) in [5.74, 6) is -1.26. The van der Waals surface area contributed by atoms with Gasteiger partial charge in [-0.3, -0.25) is 14.4 Å². The van der Waals surface area contributed by atoms with Crippen LogP contribution < -0.4 is 16.4 Å². The first-order valence-corrected chi connectivity index (χ1v) is 11.5. The van der Waals surface area contributed by atoms with Gasteiger partial charge in [-0.1, -0.05) is 54.1 Å². The number of nitrogens with zero attached hydrogens (tertiary/aromatic N) is 2. The molecule has 4 rings (SSSR count). The minimum Gasteiger partial charge on any atom is -0.368 e. The Morgan fingerprint density at radius 3 is 2.28 bits per heavy atom. The van der Waals surface area contributed by atoms with Crippen LogP contribution in [0.4, 0.5) is 0 Å². The highest BCUT2D eigenvalue weighted by Gasteiger charge is 2.20. The largest absolute Gasteiger partial charge is 0.368 e. The molecule has 0 aliphatic carbocycles. The fourth-order valence-corrected chi connectivity index (χ4v) is 3.85. The molecule has 36 heavy (non-hydrogen) atoms. The molecule has 0 aliphatic heterocycles. The van der Waals surface area contributed by atoms with E-state index < -0.39 is 11.8 Å². The van der Waals surface area contributed by atoms with Gasteiger partial charge in [0.05, 0.1) is 17.8 Å². The number of carbonyl (C=O) groups excluding carboxylic acids is 3. The lowest BCUT2D eigenvalue weighted by Crippen LogP contribution is -2.33. The maximum absolute atomic E-state index is 13.3. The van der Waals surface area contributed by atoms with E-state index in [0.29, 0.717) is 16.8 Å². The van der Waals surface area contributed by atoms with Crippen molar-refractivity contribution in [1.82, 2.24) is 20.4 Å². The zero-order chi connectivity index (χ0) is 25.7. The molecule has 0 bridgehead atoms. The second kappa shape index (κ2) is 10.7. The van der Waals surface area contributed by atoms with Gasteiger partial charge >= 0.3 is 0 Å². The van der Waals surface area contributed by atoms with Crippen LogP contribution in [0.25, 0.3) is 16.9 Å². The number of carbonyl (C=O) groups is 3. The molecule has 182 valence electrons. The Bertz CT molecular complexity index is 1410. The molecule has 1 aromatic heterocycles. The Kier molecular flexibility index (Phi) is 7.25. The molecule has 4 aromatic rings. The van der Waals surface area contributed by atoms with Gasteiger partial charge in [0.1, 0.15) is 5.69 Å². The summed E-state index contributed by atoms with van der Waals surface area (Å²) in [7, 11) is 0. The Balaban J connectivity index is 1.55. The SMILES string of the molecule is Cc1ccc(-c2nn(-c3ccccc3)cc2C(=O)NCc2ccc(C(=O)NCC(N)=O)cc2)c(C)c1.